The van der Waals surface area contributed by atoms with Crippen LogP contribution in [-0.2, 0) is 10.0 Å². The van der Waals surface area contributed by atoms with Crippen LogP contribution in [0.1, 0.15) is 13.8 Å². The van der Waals surface area contributed by atoms with Gasteiger partial charge in [-0.3, -0.25) is 0 Å². The molecule has 1 aromatic carbocycles. The standard InChI is InChI=1S/C11H17N3O4S/c1-7(2)13-11(15)14-19(16,17)8-4-5-9(12)10(6-8)18-3/h4-7H,12H2,1-3H3,(H2,13,14,15). The van der Waals surface area contributed by atoms with Gasteiger partial charge in [-0.25, -0.2) is 17.9 Å². The van der Waals surface area contributed by atoms with Gasteiger partial charge in [0.25, 0.3) is 10.0 Å². The van der Waals surface area contributed by atoms with E-state index in [1.54, 1.807) is 13.8 Å². The molecular weight excluding hydrogens is 270 g/mol. The summed E-state index contributed by atoms with van der Waals surface area (Å²) >= 11 is 0. The minimum Gasteiger partial charge on any atom is -0.495 e. The fourth-order valence-electron chi connectivity index (χ4n) is 1.33. The van der Waals surface area contributed by atoms with Crippen molar-refractivity contribution >= 4 is 21.7 Å². The number of rotatable bonds is 4. The number of anilines is 1. The molecular formula is C11H17N3O4S. The van der Waals surface area contributed by atoms with E-state index in [0.717, 1.165) is 0 Å². The van der Waals surface area contributed by atoms with Crippen molar-refractivity contribution in [1.29, 1.82) is 0 Å². The molecule has 0 aromatic heterocycles. The molecule has 0 saturated carbocycles. The first-order valence-corrected chi connectivity index (χ1v) is 7.01. The van der Waals surface area contributed by atoms with Crippen LogP contribution in [-0.4, -0.2) is 27.6 Å². The first kappa shape index (κ1) is 15.1. The molecule has 0 radical (unpaired) electrons. The Morgan fingerprint density at radius 3 is 2.53 bits per heavy atom. The van der Waals surface area contributed by atoms with Crippen LogP contribution >= 0.6 is 0 Å². The molecule has 8 heteroatoms. The van der Waals surface area contributed by atoms with Crippen LogP contribution in [0, 0.1) is 0 Å². The summed E-state index contributed by atoms with van der Waals surface area (Å²) in [5, 5.41) is 2.42. The van der Waals surface area contributed by atoms with Gasteiger partial charge in [-0.15, -0.1) is 0 Å². The Morgan fingerprint density at radius 2 is 2.00 bits per heavy atom. The van der Waals surface area contributed by atoms with Gasteiger partial charge in [0.05, 0.1) is 17.7 Å². The van der Waals surface area contributed by atoms with Crippen molar-refractivity contribution in [2.75, 3.05) is 12.8 Å². The zero-order chi connectivity index (χ0) is 14.6. The molecule has 0 aliphatic heterocycles. The SMILES string of the molecule is COc1cc(S(=O)(=O)NC(=O)NC(C)C)ccc1N. The number of ether oxygens (including phenoxy) is 1. The van der Waals surface area contributed by atoms with Gasteiger partial charge in [-0.05, 0) is 26.0 Å². The van der Waals surface area contributed by atoms with E-state index < -0.39 is 16.1 Å². The fraction of sp³-hybridized carbons (Fsp3) is 0.364. The largest absolute Gasteiger partial charge is 0.495 e. The topological polar surface area (TPSA) is 111 Å². The Balaban J connectivity index is 2.97. The zero-order valence-electron chi connectivity index (χ0n) is 10.9. The Kier molecular flexibility index (Phi) is 4.60. The van der Waals surface area contributed by atoms with Gasteiger partial charge >= 0.3 is 6.03 Å². The van der Waals surface area contributed by atoms with Crippen LogP contribution in [0.4, 0.5) is 10.5 Å². The van der Waals surface area contributed by atoms with E-state index in [2.05, 4.69) is 5.32 Å². The Labute approximate surface area is 112 Å². The van der Waals surface area contributed by atoms with E-state index in [1.165, 1.54) is 25.3 Å². The number of hydrogen-bond acceptors (Lipinski definition) is 5. The van der Waals surface area contributed by atoms with Crippen molar-refractivity contribution in [2.24, 2.45) is 0 Å². The van der Waals surface area contributed by atoms with E-state index in [-0.39, 0.29) is 16.7 Å². The molecule has 0 atom stereocenters. The van der Waals surface area contributed by atoms with Crippen LogP contribution in [0.15, 0.2) is 23.1 Å². The number of urea groups is 1. The number of nitrogen functional groups attached to an aromatic ring is 1. The van der Waals surface area contributed by atoms with Crippen LogP contribution in [0.25, 0.3) is 0 Å². The van der Waals surface area contributed by atoms with Crippen molar-refractivity contribution in [1.82, 2.24) is 10.0 Å². The zero-order valence-corrected chi connectivity index (χ0v) is 11.7. The second kappa shape index (κ2) is 5.79. The van der Waals surface area contributed by atoms with Crippen LogP contribution in [0.5, 0.6) is 5.75 Å². The van der Waals surface area contributed by atoms with Gasteiger partial charge in [0, 0.05) is 12.1 Å². The molecule has 0 aliphatic rings. The average Bonchev–Trinajstić information content (AvgIpc) is 2.27. The Bertz CT molecular complexity index is 569. The average molecular weight is 287 g/mol. The molecule has 1 rings (SSSR count). The number of benzene rings is 1. The molecule has 19 heavy (non-hydrogen) atoms. The number of hydrogen-bond donors (Lipinski definition) is 3. The molecule has 7 nitrogen and oxygen atoms in total. The number of amides is 2. The highest BCUT2D eigenvalue weighted by Gasteiger charge is 2.19. The Hall–Kier alpha value is -1.96. The van der Waals surface area contributed by atoms with Gasteiger partial charge in [0.2, 0.25) is 0 Å². The molecule has 1 aromatic rings. The van der Waals surface area contributed by atoms with Crippen molar-refractivity contribution in [3.63, 3.8) is 0 Å². The predicted molar refractivity (Wildman–Crippen MR) is 71.4 cm³/mol. The molecule has 0 aliphatic carbocycles. The van der Waals surface area contributed by atoms with E-state index >= 15 is 0 Å². The lowest BCUT2D eigenvalue weighted by Gasteiger charge is -2.12. The lowest BCUT2D eigenvalue weighted by molar-refractivity contribution is 0.243. The summed E-state index contributed by atoms with van der Waals surface area (Å²) in [5.41, 5.74) is 5.90. The second-order valence-electron chi connectivity index (χ2n) is 4.14. The summed E-state index contributed by atoms with van der Waals surface area (Å²) in [7, 11) is -2.58. The molecule has 2 amide bonds. The van der Waals surface area contributed by atoms with E-state index in [0.29, 0.717) is 5.69 Å². The van der Waals surface area contributed by atoms with Crippen molar-refractivity contribution in [3.8, 4) is 5.75 Å². The third-order valence-corrected chi connectivity index (χ3v) is 3.49. The minimum absolute atomic E-state index is 0.0996. The highest BCUT2D eigenvalue weighted by molar-refractivity contribution is 7.90. The lowest BCUT2D eigenvalue weighted by Crippen LogP contribution is -2.42. The number of carbonyl (C=O) groups excluding carboxylic acids is 1. The first-order valence-electron chi connectivity index (χ1n) is 5.53. The second-order valence-corrected chi connectivity index (χ2v) is 5.82. The predicted octanol–water partition coefficient (Wildman–Crippen LogP) is 0.674. The van der Waals surface area contributed by atoms with Gasteiger partial charge < -0.3 is 15.8 Å². The third kappa shape index (κ3) is 4.02. The molecule has 106 valence electrons. The monoisotopic (exact) mass is 287 g/mol. The quantitative estimate of drug-likeness (QED) is 0.705. The summed E-state index contributed by atoms with van der Waals surface area (Å²) in [6.07, 6.45) is 0. The fourth-order valence-corrected chi connectivity index (χ4v) is 2.26. The number of nitrogens with one attached hydrogen (secondary N) is 2. The van der Waals surface area contributed by atoms with Crippen molar-refractivity contribution in [3.05, 3.63) is 18.2 Å². The van der Waals surface area contributed by atoms with Crippen LogP contribution < -0.4 is 20.5 Å². The maximum Gasteiger partial charge on any atom is 0.328 e. The van der Waals surface area contributed by atoms with E-state index in [4.69, 9.17) is 10.5 Å². The highest BCUT2D eigenvalue weighted by Crippen LogP contribution is 2.24. The van der Waals surface area contributed by atoms with Crippen LogP contribution in [0.2, 0.25) is 0 Å². The molecule has 0 heterocycles. The summed E-state index contributed by atoms with van der Waals surface area (Å²) < 4.78 is 30.7. The van der Waals surface area contributed by atoms with Crippen LogP contribution in [0.3, 0.4) is 0 Å². The maximum absolute atomic E-state index is 11.9. The highest BCUT2D eigenvalue weighted by atomic mass is 32.2. The molecule has 0 spiro atoms. The van der Waals surface area contributed by atoms with E-state index in [1.807, 2.05) is 4.72 Å². The van der Waals surface area contributed by atoms with Crippen molar-refractivity contribution < 1.29 is 17.9 Å². The first-order chi connectivity index (χ1) is 8.76. The molecule has 0 saturated heterocycles. The number of methoxy groups -OCH3 is 1. The summed E-state index contributed by atoms with van der Waals surface area (Å²) in [5.74, 6) is 0.229. The summed E-state index contributed by atoms with van der Waals surface area (Å²) in [4.78, 5) is 11.3. The summed E-state index contributed by atoms with van der Waals surface area (Å²) in [6.45, 7) is 3.44. The number of sulfonamides is 1. The number of nitrogens with two attached hydrogens (primary N) is 1. The van der Waals surface area contributed by atoms with Gasteiger partial charge in [0.1, 0.15) is 5.75 Å². The molecule has 4 N–H and O–H groups in total. The Morgan fingerprint density at radius 1 is 1.37 bits per heavy atom. The van der Waals surface area contributed by atoms with Gasteiger partial charge in [-0.2, -0.15) is 0 Å². The number of carbonyl (C=O) groups is 1. The minimum atomic E-state index is -3.95. The normalized spacial score (nSPS) is 11.2. The lowest BCUT2D eigenvalue weighted by atomic mass is 10.3. The van der Waals surface area contributed by atoms with E-state index in [9.17, 15) is 13.2 Å². The van der Waals surface area contributed by atoms with Gasteiger partial charge in [0.15, 0.2) is 0 Å². The third-order valence-electron chi connectivity index (χ3n) is 2.16. The summed E-state index contributed by atoms with van der Waals surface area (Å²) in [6, 6.07) is 2.98. The van der Waals surface area contributed by atoms with Gasteiger partial charge in [-0.1, -0.05) is 0 Å². The molecule has 0 bridgehead atoms. The maximum atomic E-state index is 11.9. The molecule has 0 fully saturated rings. The van der Waals surface area contributed by atoms with Crippen molar-refractivity contribution in [2.45, 2.75) is 24.8 Å². The smallest absolute Gasteiger partial charge is 0.328 e. The molecule has 0 unspecified atom stereocenters.